The Morgan fingerprint density at radius 2 is 0.838 bits per heavy atom. The highest BCUT2D eigenvalue weighted by Gasteiger charge is 2.39. The third kappa shape index (κ3) is 13.7. The largest absolute Gasteiger partial charge is 0.494 e. The van der Waals surface area contributed by atoms with Crippen molar-refractivity contribution >= 4 is 39.7 Å². The van der Waals surface area contributed by atoms with Crippen LogP contribution in [0.25, 0.3) is 11.4 Å². The van der Waals surface area contributed by atoms with Crippen LogP contribution in [-0.2, 0) is 60.7 Å². The summed E-state index contributed by atoms with van der Waals surface area (Å²) in [5.74, 6) is 1.08. The van der Waals surface area contributed by atoms with Gasteiger partial charge in [-0.2, -0.15) is 8.61 Å². The van der Waals surface area contributed by atoms with Crippen LogP contribution in [0.2, 0.25) is 0 Å². The molecule has 2 aliphatic rings. The third-order valence-electron chi connectivity index (χ3n) is 14.0. The van der Waals surface area contributed by atoms with Crippen LogP contribution < -0.4 is 18.9 Å². The standard InChI is InChI=1S/2C25H34N6O7S2/c2*1-16-12-26-24(27-13-16)17(2)18(3)40(34,35)15-22-28-29-25(21-14-30(10-11-38-21)39(6,32)33)31(22)23-19(36-4)8-7-9-20(23)37-5/h2*7-9,12-13,17-18,21H,10-11,14-15H2,1-6H3/t17-,18-,21+;17-,18-,21-/m00/s1. The van der Waals surface area contributed by atoms with Crippen molar-refractivity contribution in [2.24, 2.45) is 0 Å². The molecule has 0 saturated carbocycles. The van der Waals surface area contributed by atoms with Crippen molar-refractivity contribution in [1.82, 2.24) is 58.1 Å². The number of sulfonamides is 2. The summed E-state index contributed by atoms with van der Waals surface area (Å²) in [7, 11) is -8.74. The minimum atomic E-state index is -3.82. The molecule has 6 heterocycles. The molecule has 436 valence electrons. The van der Waals surface area contributed by atoms with Gasteiger partial charge in [-0.15, -0.1) is 20.4 Å². The summed E-state index contributed by atoms with van der Waals surface area (Å²) >= 11 is 0. The van der Waals surface area contributed by atoms with E-state index in [1.807, 2.05) is 13.8 Å². The Bertz CT molecular complexity index is 3310. The van der Waals surface area contributed by atoms with Gasteiger partial charge in [-0.25, -0.2) is 53.6 Å². The number of rotatable bonds is 20. The summed E-state index contributed by atoms with van der Waals surface area (Å²) in [6.07, 6.45) is 7.22. The Hall–Kier alpha value is -6.28. The quantitative estimate of drug-likeness (QED) is 0.105. The number of nitrogens with zero attached hydrogens (tertiary/aromatic N) is 12. The van der Waals surface area contributed by atoms with Crippen molar-refractivity contribution < 1.29 is 62.1 Å². The first-order chi connectivity index (χ1) is 37.7. The smallest absolute Gasteiger partial charge is 0.211 e. The molecule has 2 aromatic carbocycles. The molecule has 2 saturated heterocycles. The van der Waals surface area contributed by atoms with Gasteiger partial charge in [-0.1, -0.05) is 26.0 Å². The van der Waals surface area contributed by atoms with Gasteiger partial charge in [0.05, 0.1) is 64.7 Å². The maximum absolute atomic E-state index is 13.7. The van der Waals surface area contributed by atoms with Gasteiger partial charge in [-0.05, 0) is 63.1 Å². The minimum Gasteiger partial charge on any atom is -0.494 e. The molecule has 2 fully saturated rings. The lowest BCUT2D eigenvalue weighted by molar-refractivity contribution is -0.00838. The van der Waals surface area contributed by atoms with Crippen LogP contribution in [0.1, 0.15) is 97.8 Å². The number of aryl methyl sites for hydroxylation is 2. The lowest BCUT2D eigenvalue weighted by atomic mass is 10.1. The fourth-order valence-corrected chi connectivity index (χ4v) is 13.7. The molecule has 80 heavy (non-hydrogen) atoms. The number of ether oxygens (including phenoxy) is 6. The molecule has 26 nitrogen and oxygen atoms in total. The molecule has 0 aliphatic carbocycles. The summed E-state index contributed by atoms with van der Waals surface area (Å²) in [6.45, 7) is 11.1. The van der Waals surface area contributed by atoms with E-state index in [0.717, 1.165) is 23.6 Å². The first-order valence-corrected chi connectivity index (χ1v) is 32.3. The molecule has 0 unspecified atom stereocenters. The molecule has 2 aliphatic heterocycles. The fourth-order valence-electron chi connectivity index (χ4n) is 8.96. The van der Waals surface area contributed by atoms with E-state index in [1.165, 1.54) is 46.2 Å². The van der Waals surface area contributed by atoms with Gasteiger partial charge in [0.2, 0.25) is 20.0 Å². The number of para-hydroxylation sites is 2. The zero-order valence-electron chi connectivity index (χ0n) is 46.6. The van der Waals surface area contributed by atoms with E-state index < -0.39 is 85.8 Å². The number of sulfone groups is 2. The number of hydrogen-bond acceptors (Lipinski definition) is 22. The molecular formula is C50H68N12O14S4. The van der Waals surface area contributed by atoms with Gasteiger partial charge in [0.25, 0.3) is 0 Å². The number of benzene rings is 2. The monoisotopic (exact) mass is 1190 g/mol. The maximum atomic E-state index is 13.7. The van der Waals surface area contributed by atoms with Crippen molar-refractivity contribution in [2.75, 3.05) is 80.3 Å². The van der Waals surface area contributed by atoms with Crippen LogP contribution in [0.3, 0.4) is 0 Å². The fraction of sp³-hybridized carbons (Fsp3) is 0.520. The Morgan fingerprint density at radius 1 is 0.525 bits per heavy atom. The molecule has 8 rings (SSSR count). The van der Waals surface area contributed by atoms with Gasteiger partial charge < -0.3 is 28.4 Å². The van der Waals surface area contributed by atoms with Crippen LogP contribution in [-0.4, -0.2) is 183 Å². The van der Waals surface area contributed by atoms with Gasteiger partial charge >= 0.3 is 0 Å². The predicted molar refractivity (Wildman–Crippen MR) is 294 cm³/mol. The molecule has 6 aromatic rings. The van der Waals surface area contributed by atoms with Gasteiger partial charge in [0, 0.05) is 62.8 Å². The number of hydrogen-bond donors (Lipinski definition) is 0. The molecule has 0 amide bonds. The topological polar surface area (TPSA) is 311 Å². The first-order valence-electron chi connectivity index (χ1n) is 25.2. The minimum absolute atomic E-state index is 0.0145. The van der Waals surface area contributed by atoms with E-state index in [0.29, 0.717) is 46.0 Å². The van der Waals surface area contributed by atoms with E-state index in [4.69, 9.17) is 28.4 Å². The molecule has 30 heteroatoms. The average molecular weight is 1190 g/mol. The van der Waals surface area contributed by atoms with Crippen LogP contribution in [0, 0.1) is 13.8 Å². The SMILES string of the molecule is COc1cccc(OC)c1-n1c(CS(=O)(=O)[C@@H](C)[C@H](C)c2ncc(C)cn2)nnc1[C@@H]1CN(S(C)(=O)=O)CCO1.COc1cccc(OC)c1-n1c(CS(=O)(=O)[C@@H](C)[C@H](C)c2ncc(C)cn2)nnc1[C@H]1CN(S(C)(=O)=O)CCO1. The van der Waals surface area contributed by atoms with Crippen LogP contribution in [0.15, 0.2) is 61.2 Å². The normalized spacial score (nSPS) is 18.3. The molecule has 0 spiro atoms. The average Bonchev–Trinajstić information content (AvgIpc) is 4.05. The van der Waals surface area contributed by atoms with E-state index in [2.05, 4.69) is 40.3 Å². The number of aromatic nitrogens is 10. The molecule has 6 atom stereocenters. The highest BCUT2D eigenvalue weighted by Crippen LogP contribution is 2.39. The molecule has 0 N–H and O–H groups in total. The predicted octanol–water partition coefficient (Wildman–Crippen LogP) is 3.65. The van der Waals surface area contributed by atoms with Crippen molar-refractivity contribution in [3.05, 3.63) is 107 Å². The summed E-state index contributed by atoms with van der Waals surface area (Å²) in [5.41, 5.74) is 2.50. The summed E-state index contributed by atoms with van der Waals surface area (Å²) < 4.78 is 144. The Morgan fingerprint density at radius 3 is 1.12 bits per heavy atom. The molecule has 4 aromatic heterocycles. The second kappa shape index (κ2) is 25.2. The Balaban J connectivity index is 0.000000231. The zero-order valence-corrected chi connectivity index (χ0v) is 49.9. The van der Waals surface area contributed by atoms with Crippen molar-refractivity contribution in [3.63, 3.8) is 0 Å². The Kier molecular flexibility index (Phi) is 19.4. The summed E-state index contributed by atoms with van der Waals surface area (Å²) in [4.78, 5) is 17.2. The van der Waals surface area contributed by atoms with E-state index in [9.17, 15) is 33.7 Å². The van der Waals surface area contributed by atoms with Crippen LogP contribution in [0.4, 0.5) is 0 Å². The van der Waals surface area contributed by atoms with Crippen molar-refractivity contribution in [2.45, 2.75) is 87.6 Å². The molecule has 0 radical (unpaired) electrons. The second-order valence-electron chi connectivity index (χ2n) is 19.4. The third-order valence-corrected chi connectivity index (χ3v) is 20.9. The summed E-state index contributed by atoms with van der Waals surface area (Å²) in [5, 5.41) is 15.4. The highest BCUT2D eigenvalue weighted by molar-refractivity contribution is 7.91. The van der Waals surface area contributed by atoms with Crippen molar-refractivity contribution in [1.29, 1.82) is 0 Å². The van der Waals surface area contributed by atoms with Gasteiger partial charge in [0.15, 0.2) is 43.0 Å². The lowest BCUT2D eigenvalue weighted by Crippen LogP contribution is -2.42. The van der Waals surface area contributed by atoms with Gasteiger partial charge in [0.1, 0.15) is 69.7 Å². The molecular weight excluding hydrogens is 1120 g/mol. The van der Waals surface area contributed by atoms with Crippen LogP contribution >= 0.6 is 0 Å². The second-order valence-corrected chi connectivity index (χ2v) is 28.1. The van der Waals surface area contributed by atoms with E-state index in [1.54, 1.807) is 88.9 Å². The maximum Gasteiger partial charge on any atom is 0.211 e. The highest BCUT2D eigenvalue weighted by atomic mass is 32.2. The summed E-state index contributed by atoms with van der Waals surface area (Å²) in [6, 6.07) is 10.3. The zero-order chi connectivity index (χ0) is 58.5. The number of morpholine rings is 2. The first kappa shape index (κ1) is 61.3. The number of methoxy groups -OCH3 is 4. The molecule has 0 bridgehead atoms. The lowest BCUT2D eigenvalue weighted by Gasteiger charge is -2.31. The Labute approximate surface area is 467 Å². The van der Waals surface area contributed by atoms with Gasteiger partial charge in [-0.3, -0.25) is 9.13 Å². The van der Waals surface area contributed by atoms with E-state index >= 15 is 0 Å². The van der Waals surface area contributed by atoms with Crippen LogP contribution in [0.5, 0.6) is 23.0 Å². The van der Waals surface area contributed by atoms with Crippen molar-refractivity contribution in [3.8, 4) is 34.4 Å². The van der Waals surface area contributed by atoms with E-state index in [-0.39, 0.29) is 62.7 Å².